The van der Waals surface area contributed by atoms with Gasteiger partial charge in [-0.25, -0.2) is 0 Å². The molecule has 0 spiro atoms. The van der Waals surface area contributed by atoms with E-state index in [1.807, 2.05) is 30.3 Å². The Balaban J connectivity index is 1.83. The van der Waals surface area contributed by atoms with Crippen molar-refractivity contribution in [2.75, 3.05) is 26.3 Å². The van der Waals surface area contributed by atoms with Gasteiger partial charge in [0, 0.05) is 25.1 Å². The van der Waals surface area contributed by atoms with Crippen LogP contribution in [0, 0.1) is 17.3 Å². The molecule has 1 saturated heterocycles. The lowest BCUT2D eigenvalue weighted by molar-refractivity contribution is -0.128. The summed E-state index contributed by atoms with van der Waals surface area (Å²) in [6.45, 7) is 3.68. The number of amides is 1. The minimum Gasteiger partial charge on any atom is -0.494 e. The molecule has 0 aromatic heterocycles. The predicted octanol–water partition coefficient (Wildman–Crippen LogP) is 2.08. The summed E-state index contributed by atoms with van der Waals surface area (Å²) in [7, 11) is 0. The summed E-state index contributed by atoms with van der Waals surface area (Å²) in [6.07, 6.45) is 2.37. The number of likely N-dealkylation sites (tertiary alicyclic amines) is 1. The van der Waals surface area contributed by atoms with Gasteiger partial charge in [0.05, 0.1) is 6.61 Å². The summed E-state index contributed by atoms with van der Waals surface area (Å²) >= 11 is 0. The molecule has 1 aliphatic heterocycles. The summed E-state index contributed by atoms with van der Waals surface area (Å²) in [4.78, 5) is 13.5. The highest BCUT2D eigenvalue weighted by molar-refractivity contribution is 5.93. The fourth-order valence-electron chi connectivity index (χ4n) is 2.76. The van der Waals surface area contributed by atoms with Crippen LogP contribution in [-0.2, 0) is 4.79 Å². The molecule has 1 N–H and O–H groups in total. The van der Waals surface area contributed by atoms with E-state index in [0.717, 1.165) is 25.0 Å². The van der Waals surface area contributed by atoms with E-state index in [4.69, 9.17) is 4.74 Å². The van der Waals surface area contributed by atoms with E-state index in [1.165, 1.54) is 0 Å². The number of carbonyl (C=O) groups excluding carboxylic acids is 1. The summed E-state index contributed by atoms with van der Waals surface area (Å²) in [5.41, 5.74) is -0.148. The summed E-state index contributed by atoms with van der Waals surface area (Å²) in [5, 5.41) is 9.78. The third-order valence-corrected chi connectivity index (χ3v) is 4.32. The van der Waals surface area contributed by atoms with E-state index in [1.54, 1.807) is 11.8 Å². The summed E-state index contributed by atoms with van der Waals surface area (Å²) in [5.74, 6) is 5.95. The van der Waals surface area contributed by atoms with Crippen LogP contribution >= 0.6 is 0 Å². The van der Waals surface area contributed by atoms with Crippen LogP contribution in [0.3, 0.4) is 0 Å². The predicted molar refractivity (Wildman–Crippen MR) is 85.3 cm³/mol. The second-order valence-electron chi connectivity index (χ2n) is 5.74. The van der Waals surface area contributed by atoms with Crippen LogP contribution in [-0.4, -0.2) is 42.2 Å². The number of hydrogen-bond donors (Lipinski definition) is 1. The molecule has 1 aromatic carbocycles. The SMILES string of the molecule is CC#CC(=O)N1CCC(CO)(CCOc2ccccc2)CC1. The third-order valence-electron chi connectivity index (χ3n) is 4.32. The number of carbonyl (C=O) groups is 1. The van der Waals surface area contributed by atoms with E-state index < -0.39 is 0 Å². The Morgan fingerprint density at radius 2 is 2.00 bits per heavy atom. The molecule has 1 aliphatic rings. The molecule has 0 bridgehead atoms. The number of para-hydroxylation sites is 1. The Labute approximate surface area is 132 Å². The molecule has 0 unspecified atom stereocenters. The second kappa shape index (κ2) is 7.86. The molecule has 0 atom stereocenters. The van der Waals surface area contributed by atoms with Gasteiger partial charge in [0.1, 0.15) is 5.75 Å². The molecule has 2 rings (SSSR count). The van der Waals surface area contributed by atoms with E-state index in [2.05, 4.69) is 11.8 Å². The largest absolute Gasteiger partial charge is 0.494 e. The third kappa shape index (κ3) is 4.25. The normalized spacial score (nSPS) is 16.5. The van der Waals surface area contributed by atoms with Crippen molar-refractivity contribution < 1.29 is 14.6 Å². The lowest BCUT2D eigenvalue weighted by Gasteiger charge is -2.40. The molecule has 118 valence electrons. The smallest absolute Gasteiger partial charge is 0.298 e. The van der Waals surface area contributed by atoms with Gasteiger partial charge in [-0.2, -0.15) is 0 Å². The van der Waals surface area contributed by atoms with Gasteiger partial charge >= 0.3 is 0 Å². The fraction of sp³-hybridized carbons (Fsp3) is 0.500. The summed E-state index contributed by atoms with van der Waals surface area (Å²) < 4.78 is 5.73. The van der Waals surface area contributed by atoms with Gasteiger partial charge in [0.25, 0.3) is 5.91 Å². The molecule has 4 heteroatoms. The van der Waals surface area contributed by atoms with Crippen molar-refractivity contribution in [1.29, 1.82) is 0 Å². The summed E-state index contributed by atoms with van der Waals surface area (Å²) in [6, 6.07) is 9.69. The van der Waals surface area contributed by atoms with Crippen molar-refractivity contribution in [2.45, 2.75) is 26.2 Å². The quantitative estimate of drug-likeness (QED) is 0.847. The molecular weight excluding hydrogens is 278 g/mol. The number of piperidine rings is 1. The first-order valence-corrected chi connectivity index (χ1v) is 7.69. The van der Waals surface area contributed by atoms with E-state index >= 15 is 0 Å². The van der Waals surface area contributed by atoms with Crippen molar-refractivity contribution in [3.8, 4) is 17.6 Å². The first-order chi connectivity index (χ1) is 10.7. The maximum Gasteiger partial charge on any atom is 0.298 e. The fourth-order valence-corrected chi connectivity index (χ4v) is 2.76. The molecule has 22 heavy (non-hydrogen) atoms. The molecule has 0 radical (unpaired) electrons. The molecule has 0 saturated carbocycles. The van der Waals surface area contributed by atoms with Gasteiger partial charge in [-0.1, -0.05) is 24.1 Å². The molecule has 4 nitrogen and oxygen atoms in total. The van der Waals surface area contributed by atoms with Crippen LogP contribution in [0.15, 0.2) is 30.3 Å². The first-order valence-electron chi connectivity index (χ1n) is 7.69. The number of nitrogens with zero attached hydrogens (tertiary/aromatic N) is 1. The molecule has 1 heterocycles. The van der Waals surface area contributed by atoms with Crippen LogP contribution in [0.4, 0.5) is 0 Å². The standard InChI is InChI=1S/C18H23NO3/c1-2-6-17(21)19-12-9-18(15-20,10-13-19)11-14-22-16-7-4-3-5-8-16/h3-5,7-8,20H,9-15H2,1H3. The Bertz CT molecular complexity index is 536. The number of aliphatic hydroxyl groups is 1. The number of hydrogen-bond acceptors (Lipinski definition) is 3. The molecular formula is C18H23NO3. The van der Waals surface area contributed by atoms with Gasteiger partial charge in [-0.05, 0) is 44.2 Å². The maximum absolute atomic E-state index is 11.8. The van der Waals surface area contributed by atoms with Gasteiger partial charge < -0.3 is 14.7 Å². The zero-order chi connectivity index (χ0) is 15.8. The lowest BCUT2D eigenvalue weighted by atomic mass is 9.76. The minimum atomic E-state index is -0.148. The monoisotopic (exact) mass is 301 g/mol. The maximum atomic E-state index is 11.8. The number of ether oxygens (including phenoxy) is 1. The Morgan fingerprint density at radius 1 is 1.32 bits per heavy atom. The van der Waals surface area contributed by atoms with Gasteiger partial charge in [0.2, 0.25) is 0 Å². The van der Waals surface area contributed by atoms with Gasteiger partial charge in [0.15, 0.2) is 0 Å². The van der Waals surface area contributed by atoms with Crippen LogP contribution in [0.1, 0.15) is 26.2 Å². The number of rotatable bonds is 5. The topological polar surface area (TPSA) is 49.8 Å². The van der Waals surface area contributed by atoms with Crippen molar-refractivity contribution in [2.24, 2.45) is 5.41 Å². The Morgan fingerprint density at radius 3 is 2.59 bits per heavy atom. The Hall–Kier alpha value is -1.99. The first kappa shape index (κ1) is 16.4. The highest BCUT2D eigenvalue weighted by Crippen LogP contribution is 2.34. The number of benzene rings is 1. The van der Waals surface area contributed by atoms with Crippen LogP contribution in [0.5, 0.6) is 5.75 Å². The van der Waals surface area contributed by atoms with Crippen molar-refractivity contribution in [3.63, 3.8) is 0 Å². The second-order valence-corrected chi connectivity index (χ2v) is 5.74. The van der Waals surface area contributed by atoms with E-state index in [0.29, 0.717) is 19.7 Å². The van der Waals surface area contributed by atoms with E-state index in [-0.39, 0.29) is 17.9 Å². The van der Waals surface area contributed by atoms with Gasteiger partial charge in [-0.15, -0.1) is 0 Å². The van der Waals surface area contributed by atoms with Crippen LogP contribution in [0.25, 0.3) is 0 Å². The van der Waals surface area contributed by atoms with E-state index in [9.17, 15) is 9.90 Å². The molecule has 1 fully saturated rings. The van der Waals surface area contributed by atoms with Crippen LogP contribution in [0.2, 0.25) is 0 Å². The average molecular weight is 301 g/mol. The number of aliphatic hydroxyl groups excluding tert-OH is 1. The highest BCUT2D eigenvalue weighted by atomic mass is 16.5. The zero-order valence-electron chi connectivity index (χ0n) is 13.0. The molecule has 1 aromatic rings. The minimum absolute atomic E-state index is 0.116. The van der Waals surface area contributed by atoms with Gasteiger partial charge in [-0.3, -0.25) is 4.79 Å². The van der Waals surface area contributed by atoms with Crippen LogP contribution < -0.4 is 4.74 Å². The molecule has 0 aliphatic carbocycles. The van der Waals surface area contributed by atoms with Crippen molar-refractivity contribution >= 4 is 5.91 Å². The average Bonchev–Trinajstić information content (AvgIpc) is 2.56. The van der Waals surface area contributed by atoms with Crippen molar-refractivity contribution in [1.82, 2.24) is 4.90 Å². The zero-order valence-corrected chi connectivity index (χ0v) is 13.0. The van der Waals surface area contributed by atoms with Crippen molar-refractivity contribution in [3.05, 3.63) is 30.3 Å². The highest BCUT2D eigenvalue weighted by Gasteiger charge is 2.35. The molecule has 1 amide bonds. The Kier molecular flexibility index (Phi) is 5.85. The lowest BCUT2D eigenvalue weighted by Crippen LogP contribution is -2.44.